The average Bonchev–Trinajstić information content (AvgIpc) is 2.72. The zero-order valence-electron chi connectivity index (χ0n) is 17.4. The van der Waals surface area contributed by atoms with E-state index in [0.717, 1.165) is 12.8 Å². The van der Waals surface area contributed by atoms with Crippen LogP contribution < -0.4 is 0 Å². The topological polar surface area (TPSA) is 74.8 Å². The molecule has 2 saturated carbocycles. The van der Waals surface area contributed by atoms with Crippen LogP contribution >= 0.6 is 0 Å². The zero-order chi connectivity index (χ0) is 23.9. The van der Waals surface area contributed by atoms with Crippen molar-refractivity contribution in [2.75, 3.05) is 13.1 Å². The maximum absolute atomic E-state index is 13.7. The molecule has 1 heterocycles. The van der Waals surface area contributed by atoms with E-state index in [1.807, 2.05) is 0 Å². The van der Waals surface area contributed by atoms with Crippen molar-refractivity contribution >= 4 is 20.0 Å². The van der Waals surface area contributed by atoms with Gasteiger partial charge < -0.3 is 0 Å². The fraction of sp³-hybridized carbons (Fsp3) is 1.00. The van der Waals surface area contributed by atoms with Crippen LogP contribution in [0.5, 0.6) is 0 Å². The Morgan fingerprint density at radius 3 is 1.22 bits per heavy atom. The predicted molar refractivity (Wildman–Crippen MR) is 104 cm³/mol. The standard InChI is InChI=1S/C18H28F6N2O4S2/c19-17(20,21)31(27,28)25-11-15(13-7-3-1-4-8-13)26(32(29,30)18(22,23)24)16(12-25)14-9-5-2-6-10-14/h13-16H,1-12H2. The Labute approximate surface area is 184 Å². The number of rotatable bonds is 4. The van der Waals surface area contributed by atoms with Crippen LogP contribution in [-0.2, 0) is 20.0 Å². The van der Waals surface area contributed by atoms with Crippen LogP contribution in [0.1, 0.15) is 64.2 Å². The highest BCUT2D eigenvalue weighted by molar-refractivity contribution is 7.90. The molecule has 32 heavy (non-hydrogen) atoms. The molecular formula is C18H28F6N2O4S2. The Bertz CT molecular complexity index is 835. The summed E-state index contributed by atoms with van der Waals surface area (Å²) < 4.78 is 131. The third kappa shape index (κ3) is 4.92. The van der Waals surface area contributed by atoms with Gasteiger partial charge in [-0.05, 0) is 37.5 Å². The van der Waals surface area contributed by atoms with E-state index in [-0.39, 0.29) is 4.31 Å². The van der Waals surface area contributed by atoms with Crippen LogP contribution in [0.3, 0.4) is 0 Å². The second-order valence-corrected chi connectivity index (χ2v) is 12.7. The van der Waals surface area contributed by atoms with Crippen molar-refractivity contribution in [3.63, 3.8) is 0 Å². The molecule has 0 radical (unpaired) electrons. The van der Waals surface area contributed by atoms with Gasteiger partial charge in [-0.2, -0.15) is 35.0 Å². The summed E-state index contributed by atoms with van der Waals surface area (Å²) >= 11 is 0. The van der Waals surface area contributed by atoms with Crippen LogP contribution in [0.25, 0.3) is 0 Å². The molecule has 0 aromatic rings. The molecule has 3 fully saturated rings. The minimum atomic E-state index is -5.87. The highest BCUT2D eigenvalue weighted by Crippen LogP contribution is 2.43. The summed E-state index contributed by atoms with van der Waals surface area (Å²) in [4.78, 5) is 0. The van der Waals surface area contributed by atoms with Crippen LogP contribution in [0.15, 0.2) is 0 Å². The van der Waals surface area contributed by atoms with Gasteiger partial charge in [0, 0.05) is 25.2 Å². The number of nitrogens with zero attached hydrogens (tertiary/aromatic N) is 2. The molecule has 14 heteroatoms. The Morgan fingerprint density at radius 1 is 0.562 bits per heavy atom. The van der Waals surface area contributed by atoms with Gasteiger partial charge in [-0.15, -0.1) is 0 Å². The quantitative estimate of drug-likeness (QED) is 0.527. The molecule has 0 aromatic carbocycles. The van der Waals surface area contributed by atoms with E-state index in [1.54, 1.807) is 0 Å². The van der Waals surface area contributed by atoms with E-state index in [2.05, 4.69) is 0 Å². The molecule has 1 saturated heterocycles. The highest BCUT2D eigenvalue weighted by Gasteiger charge is 2.61. The summed E-state index contributed by atoms with van der Waals surface area (Å²) in [6, 6.07) is -2.97. The van der Waals surface area contributed by atoms with Crippen LogP contribution in [-0.4, -0.2) is 61.6 Å². The molecule has 0 N–H and O–H groups in total. The van der Waals surface area contributed by atoms with Gasteiger partial charge in [0.1, 0.15) is 0 Å². The lowest BCUT2D eigenvalue weighted by atomic mass is 9.79. The Morgan fingerprint density at radius 2 is 0.906 bits per heavy atom. The van der Waals surface area contributed by atoms with E-state index < -0.39 is 68.1 Å². The normalized spacial score (nSPS) is 29.3. The smallest absolute Gasteiger partial charge is 0.203 e. The minimum Gasteiger partial charge on any atom is -0.203 e. The molecule has 0 spiro atoms. The van der Waals surface area contributed by atoms with Gasteiger partial charge in [-0.25, -0.2) is 16.8 Å². The maximum atomic E-state index is 13.7. The number of sulfonamides is 2. The third-order valence-corrected chi connectivity index (χ3v) is 10.3. The van der Waals surface area contributed by atoms with Gasteiger partial charge in [-0.3, -0.25) is 0 Å². The SMILES string of the molecule is O=S(=O)(N1CC(C2CCCCC2)N(S(=O)(=O)C(F)(F)F)C(C2CCCCC2)C1)C(F)(F)F. The van der Waals surface area contributed by atoms with Crippen molar-refractivity contribution in [1.29, 1.82) is 0 Å². The molecule has 2 aliphatic carbocycles. The first-order valence-corrected chi connectivity index (χ1v) is 13.7. The first-order valence-electron chi connectivity index (χ1n) is 10.8. The van der Waals surface area contributed by atoms with E-state index in [9.17, 15) is 43.2 Å². The second-order valence-electron chi connectivity index (χ2n) is 8.98. The van der Waals surface area contributed by atoms with Gasteiger partial charge >= 0.3 is 31.1 Å². The maximum Gasteiger partial charge on any atom is 0.511 e. The minimum absolute atomic E-state index is 0.175. The van der Waals surface area contributed by atoms with Gasteiger partial charge in [-0.1, -0.05) is 38.5 Å². The summed E-state index contributed by atoms with van der Waals surface area (Å²) in [5.74, 6) is -1.28. The van der Waals surface area contributed by atoms with Crippen LogP contribution in [0.4, 0.5) is 26.3 Å². The largest absolute Gasteiger partial charge is 0.511 e. The fourth-order valence-electron chi connectivity index (χ4n) is 5.47. The molecule has 0 amide bonds. The summed E-state index contributed by atoms with van der Waals surface area (Å²) in [5.41, 5.74) is -11.2. The van der Waals surface area contributed by atoms with E-state index >= 15 is 0 Å². The number of piperazine rings is 1. The zero-order valence-corrected chi connectivity index (χ0v) is 19.0. The Balaban J connectivity index is 2.11. The lowest BCUT2D eigenvalue weighted by molar-refractivity contribution is -0.0639. The monoisotopic (exact) mass is 514 g/mol. The average molecular weight is 515 g/mol. The van der Waals surface area contributed by atoms with E-state index in [4.69, 9.17) is 0 Å². The molecule has 188 valence electrons. The molecular weight excluding hydrogens is 486 g/mol. The number of alkyl halides is 6. The van der Waals surface area contributed by atoms with Crippen LogP contribution in [0.2, 0.25) is 0 Å². The molecule has 2 atom stereocenters. The highest BCUT2D eigenvalue weighted by atomic mass is 32.2. The van der Waals surface area contributed by atoms with E-state index in [1.165, 1.54) is 0 Å². The summed E-state index contributed by atoms with van der Waals surface area (Å²) in [6.07, 6.45) is 5.32. The summed E-state index contributed by atoms with van der Waals surface area (Å²) in [6.45, 7) is -1.85. The molecule has 0 aromatic heterocycles. The molecule has 3 rings (SSSR count). The van der Waals surface area contributed by atoms with Gasteiger partial charge in [0.2, 0.25) is 0 Å². The molecule has 2 unspecified atom stereocenters. The first-order chi connectivity index (χ1) is 14.7. The fourth-order valence-corrected chi connectivity index (χ4v) is 7.89. The Hall–Kier alpha value is -0.600. The van der Waals surface area contributed by atoms with Gasteiger partial charge in [0.15, 0.2) is 0 Å². The number of hydrogen-bond acceptors (Lipinski definition) is 4. The summed E-state index contributed by atoms with van der Waals surface area (Å²) in [7, 11) is -11.7. The molecule has 1 aliphatic heterocycles. The van der Waals surface area contributed by atoms with E-state index in [0.29, 0.717) is 55.7 Å². The predicted octanol–water partition coefficient (Wildman–Crippen LogP) is 4.20. The van der Waals surface area contributed by atoms with Crippen molar-refractivity contribution in [1.82, 2.24) is 8.61 Å². The van der Waals surface area contributed by atoms with Crippen molar-refractivity contribution < 1.29 is 43.2 Å². The van der Waals surface area contributed by atoms with Gasteiger partial charge in [0.05, 0.1) is 0 Å². The van der Waals surface area contributed by atoms with Gasteiger partial charge in [0.25, 0.3) is 0 Å². The molecule has 0 bridgehead atoms. The number of hydrogen-bond donors (Lipinski definition) is 0. The van der Waals surface area contributed by atoms with Crippen molar-refractivity contribution in [2.45, 2.75) is 87.3 Å². The lowest BCUT2D eigenvalue weighted by Gasteiger charge is -2.51. The molecule has 3 aliphatic rings. The number of halogens is 6. The van der Waals surface area contributed by atoms with Crippen LogP contribution in [0, 0.1) is 11.8 Å². The van der Waals surface area contributed by atoms with Crippen molar-refractivity contribution in [2.24, 2.45) is 11.8 Å². The summed E-state index contributed by atoms with van der Waals surface area (Å²) in [5, 5.41) is 0. The second kappa shape index (κ2) is 9.21. The van der Waals surface area contributed by atoms with Crippen molar-refractivity contribution in [3.8, 4) is 0 Å². The van der Waals surface area contributed by atoms with Crippen molar-refractivity contribution in [3.05, 3.63) is 0 Å². The lowest BCUT2D eigenvalue weighted by Crippen LogP contribution is -2.67. The Kier molecular flexibility index (Phi) is 7.49. The molecule has 6 nitrogen and oxygen atoms in total. The first kappa shape index (κ1) is 26.0. The third-order valence-electron chi connectivity index (χ3n) is 7.03.